The van der Waals surface area contributed by atoms with Gasteiger partial charge in [-0.05, 0) is 44.0 Å². The Labute approximate surface area is 129 Å². The number of halogens is 1. The molecule has 2 aliphatic rings. The molecule has 20 heavy (non-hydrogen) atoms. The fraction of sp³-hybridized carbons (Fsp3) is 0.562. The van der Waals surface area contributed by atoms with Crippen molar-refractivity contribution in [1.82, 2.24) is 4.90 Å². The second-order valence-corrected chi connectivity index (χ2v) is 6.79. The molecule has 0 spiro atoms. The monoisotopic (exact) mass is 333 g/mol. The summed E-state index contributed by atoms with van der Waals surface area (Å²) in [5.41, 5.74) is 2.59. The normalized spacial score (nSPS) is 26.9. The van der Waals surface area contributed by atoms with Gasteiger partial charge >= 0.3 is 0 Å². The molecular formula is C16H20BrN3. The van der Waals surface area contributed by atoms with Crippen LogP contribution in [-0.4, -0.2) is 37.1 Å². The SMILES string of the molecule is Cc1ccc(N2CCC(N3CCC(C#N)C3)C2)cc1Br. The Hall–Kier alpha value is -1.05. The predicted molar refractivity (Wildman–Crippen MR) is 84.8 cm³/mol. The molecule has 1 aromatic rings. The van der Waals surface area contributed by atoms with Crippen molar-refractivity contribution in [2.24, 2.45) is 5.92 Å². The first kappa shape index (κ1) is 13.9. The Balaban J connectivity index is 1.65. The highest BCUT2D eigenvalue weighted by atomic mass is 79.9. The molecule has 2 heterocycles. The fourth-order valence-electron chi connectivity index (χ4n) is 3.28. The van der Waals surface area contributed by atoms with Crippen LogP contribution in [0.25, 0.3) is 0 Å². The molecule has 0 bridgehead atoms. The summed E-state index contributed by atoms with van der Waals surface area (Å²) in [7, 11) is 0. The minimum Gasteiger partial charge on any atom is -0.370 e. The first-order valence-corrected chi connectivity index (χ1v) is 8.11. The summed E-state index contributed by atoms with van der Waals surface area (Å²) in [6.45, 7) is 6.38. The van der Waals surface area contributed by atoms with Crippen LogP contribution in [-0.2, 0) is 0 Å². The molecule has 0 aromatic heterocycles. The molecular weight excluding hydrogens is 314 g/mol. The van der Waals surface area contributed by atoms with E-state index < -0.39 is 0 Å². The van der Waals surface area contributed by atoms with Crippen molar-refractivity contribution in [1.29, 1.82) is 5.26 Å². The molecule has 4 heteroatoms. The summed E-state index contributed by atoms with van der Waals surface area (Å²) in [6, 6.07) is 9.64. The van der Waals surface area contributed by atoms with Crippen molar-refractivity contribution in [2.75, 3.05) is 31.1 Å². The van der Waals surface area contributed by atoms with E-state index in [9.17, 15) is 0 Å². The molecule has 0 amide bonds. The van der Waals surface area contributed by atoms with Gasteiger partial charge < -0.3 is 4.90 Å². The third-order valence-electron chi connectivity index (χ3n) is 4.60. The lowest BCUT2D eigenvalue weighted by Gasteiger charge is -2.24. The van der Waals surface area contributed by atoms with Gasteiger partial charge in [-0.3, -0.25) is 4.90 Å². The van der Waals surface area contributed by atoms with Crippen LogP contribution in [0.3, 0.4) is 0 Å². The second-order valence-electron chi connectivity index (χ2n) is 5.93. The zero-order valence-corrected chi connectivity index (χ0v) is 13.4. The number of hydrogen-bond acceptors (Lipinski definition) is 3. The molecule has 0 N–H and O–H groups in total. The summed E-state index contributed by atoms with van der Waals surface area (Å²) in [5.74, 6) is 0.248. The number of nitrogens with zero attached hydrogens (tertiary/aromatic N) is 3. The van der Waals surface area contributed by atoms with Gasteiger partial charge in [0, 0.05) is 35.8 Å². The molecule has 2 unspecified atom stereocenters. The lowest BCUT2D eigenvalue weighted by atomic mass is 10.1. The molecule has 0 aliphatic carbocycles. The van der Waals surface area contributed by atoms with E-state index in [1.54, 1.807) is 0 Å². The maximum Gasteiger partial charge on any atom is 0.0669 e. The van der Waals surface area contributed by atoms with Gasteiger partial charge in [-0.25, -0.2) is 0 Å². The Bertz CT molecular complexity index is 537. The van der Waals surface area contributed by atoms with Crippen LogP contribution >= 0.6 is 15.9 Å². The van der Waals surface area contributed by atoms with Crippen LogP contribution in [0, 0.1) is 24.2 Å². The van der Waals surface area contributed by atoms with E-state index in [1.165, 1.54) is 22.1 Å². The first-order chi connectivity index (χ1) is 9.67. The summed E-state index contributed by atoms with van der Waals surface area (Å²) in [5, 5.41) is 9.02. The smallest absolute Gasteiger partial charge is 0.0669 e. The molecule has 2 atom stereocenters. The van der Waals surface area contributed by atoms with Crippen molar-refractivity contribution in [3.63, 3.8) is 0 Å². The number of hydrogen-bond donors (Lipinski definition) is 0. The van der Waals surface area contributed by atoms with Gasteiger partial charge in [0.1, 0.15) is 0 Å². The molecule has 2 fully saturated rings. The number of aryl methyl sites for hydroxylation is 1. The minimum absolute atomic E-state index is 0.248. The van der Waals surface area contributed by atoms with Crippen molar-refractivity contribution in [2.45, 2.75) is 25.8 Å². The molecule has 106 valence electrons. The van der Waals surface area contributed by atoms with Gasteiger partial charge in [0.25, 0.3) is 0 Å². The second kappa shape index (κ2) is 5.75. The highest BCUT2D eigenvalue weighted by Gasteiger charge is 2.32. The molecule has 3 rings (SSSR count). The minimum atomic E-state index is 0.248. The Morgan fingerprint density at radius 3 is 2.80 bits per heavy atom. The van der Waals surface area contributed by atoms with E-state index in [2.05, 4.69) is 56.9 Å². The highest BCUT2D eigenvalue weighted by molar-refractivity contribution is 9.10. The van der Waals surface area contributed by atoms with Crippen LogP contribution in [0.4, 0.5) is 5.69 Å². The molecule has 1 aromatic carbocycles. The van der Waals surface area contributed by atoms with Crippen LogP contribution in [0.2, 0.25) is 0 Å². The van der Waals surface area contributed by atoms with Crippen LogP contribution < -0.4 is 4.90 Å². The van der Waals surface area contributed by atoms with Gasteiger partial charge in [0.2, 0.25) is 0 Å². The Morgan fingerprint density at radius 2 is 2.10 bits per heavy atom. The van der Waals surface area contributed by atoms with Crippen molar-refractivity contribution in [3.05, 3.63) is 28.2 Å². The predicted octanol–water partition coefficient (Wildman–Crippen LogP) is 3.18. The van der Waals surface area contributed by atoms with Crippen LogP contribution in [0.1, 0.15) is 18.4 Å². The zero-order chi connectivity index (χ0) is 14.1. The average Bonchev–Trinajstić information content (AvgIpc) is 3.09. The van der Waals surface area contributed by atoms with E-state index >= 15 is 0 Å². The lowest BCUT2D eigenvalue weighted by Crippen LogP contribution is -2.35. The fourth-order valence-corrected chi connectivity index (χ4v) is 3.64. The van der Waals surface area contributed by atoms with Gasteiger partial charge in [-0.1, -0.05) is 22.0 Å². The third kappa shape index (κ3) is 2.70. The van der Waals surface area contributed by atoms with E-state index in [0.29, 0.717) is 6.04 Å². The quantitative estimate of drug-likeness (QED) is 0.832. The van der Waals surface area contributed by atoms with E-state index in [1.807, 2.05) is 0 Å². The highest BCUT2D eigenvalue weighted by Crippen LogP contribution is 2.29. The van der Waals surface area contributed by atoms with E-state index in [4.69, 9.17) is 5.26 Å². The first-order valence-electron chi connectivity index (χ1n) is 7.32. The Morgan fingerprint density at radius 1 is 1.25 bits per heavy atom. The number of rotatable bonds is 2. The lowest BCUT2D eigenvalue weighted by molar-refractivity contribution is 0.255. The number of likely N-dealkylation sites (tertiary alicyclic amines) is 1. The molecule has 0 saturated carbocycles. The molecule has 2 saturated heterocycles. The van der Waals surface area contributed by atoms with Gasteiger partial charge in [0.05, 0.1) is 12.0 Å². The van der Waals surface area contributed by atoms with Crippen molar-refractivity contribution < 1.29 is 0 Å². The summed E-state index contributed by atoms with van der Waals surface area (Å²) in [4.78, 5) is 4.98. The third-order valence-corrected chi connectivity index (χ3v) is 5.46. The molecule has 3 nitrogen and oxygen atoms in total. The van der Waals surface area contributed by atoms with E-state index in [0.717, 1.165) is 32.6 Å². The number of benzene rings is 1. The largest absolute Gasteiger partial charge is 0.370 e. The summed E-state index contributed by atoms with van der Waals surface area (Å²) < 4.78 is 1.18. The average molecular weight is 334 g/mol. The standard InChI is InChI=1S/C16H20BrN3/c1-12-2-3-14(8-16(12)17)20-7-5-15(11-20)19-6-4-13(9-18)10-19/h2-3,8,13,15H,4-7,10-11H2,1H3. The van der Waals surface area contributed by atoms with Crippen LogP contribution in [0.5, 0.6) is 0 Å². The topological polar surface area (TPSA) is 30.3 Å². The maximum atomic E-state index is 9.02. The molecule has 2 aliphatic heterocycles. The van der Waals surface area contributed by atoms with Gasteiger partial charge in [-0.15, -0.1) is 0 Å². The molecule has 0 radical (unpaired) electrons. The van der Waals surface area contributed by atoms with Crippen LogP contribution in [0.15, 0.2) is 22.7 Å². The summed E-state index contributed by atoms with van der Waals surface area (Å²) in [6.07, 6.45) is 2.26. The Kier molecular flexibility index (Phi) is 4.00. The van der Waals surface area contributed by atoms with E-state index in [-0.39, 0.29) is 5.92 Å². The summed E-state index contributed by atoms with van der Waals surface area (Å²) >= 11 is 3.62. The van der Waals surface area contributed by atoms with Gasteiger partial charge in [-0.2, -0.15) is 5.26 Å². The number of anilines is 1. The zero-order valence-electron chi connectivity index (χ0n) is 11.8. The van der Waals surface area contributed by atoms with Crippen molar-refractivity contribution >= 4 is 21.6 Å². The van der Waals surface area contributed by atoms with Crippen molar-refractivity contribution in [3.8, 4) is 6.07 Å². The maximum absolute atomic E-state index is 9.02. The van der Waals surface area contributed by atoms with Gasteiger partial charge in [0.15, 0.2) is 0 Å². The number of nitriles is 1.